The van der Waals surface area contributed by atoms with Gasteiger partial charge in [-0.2, -0.15) is 0 Å². The molecule has 0 aliphatic carbocycles. The third kappa shape index (κ3) is 5.67. The van der Waals surface area contributed by atoms with E-state index in [1.165, 1.54) is 10.4 Å². The summed E-state index contributed by atoms with van der Waals surface area (Å²) in [4.78, 5) is 40.5. The van der Waals surface area contributed by atoms with E-state index in [9.17, 15) is 19.5 Å². The lowest BCUT2D eigenvalue weighted by Crippen LogP contribution is -2.52. The zero-order valence-electron chi connectivity index (χ0n) is 16.1. The van der Waals surface area contributed by atoms with Crippen LogP contribution >= 0.6 is 0 Å². The minimum Gasteiger partial charge on any atom is -0.382 e. The molecule has 0 radical (unpaired) electrons. The molecule has 1 fully saturated rings. The number of amides is 3. The fraction of sp³-hybridized carbons (Fsp3) is 0.833. The molecule has 3 N–H and O–H groups in total. The van der Waals surface area contributed by atoms with Crippen molar-refractivity contribution >= 4 is 17.7 Å². The molecule has 26 heavy (non-hydrogen) atoms. The van der Waals surface area contributed by atoms with E-state index in [1.54, 1.807) is 11.9 Å². The number of hydrogen-bond acceptors (Lipinski definition) is 5. The minimum absolute atomic E-state index is 0.0976. The maximum Gasteiger partial charge on any atom is 0.272 e. The first-order valence-corrected chi connectivity index (χ1v) is 9.56. The van der Waals surface area contributed by atoms with Crippen LogP contribution in [0.15, 0.2) is 0 Å². The van der Waals surface area contributed by atoms with Gasteiger partial charge in [0.25, 0.3) is 5.91 Å². The quantitative estimate of drug-likeness (QED) is 0.390. The van der Waals surface area contributed by atoms with Crippen LogP contribution in [0.5, 0.6) is 0 Å². The van der Waals surface area contributed by atoms with Gasteiger partial charge in [0, 0.05) is 20.1 Å². The summed E-state index contributed by atoms with van der Waals surface area (Å²) >= 11 is 0. The van der Waals surface area contributed by atoms with E-state index in [0.29, 0.717) is 38.8 Å². The summed E-state index contributed by atoms with van der Waals surface area (Å²) < 4.78 is 0. The SMILES string of the molecule is CCCCC(C(=O)N1CCC[C@H]1C(=O)N(C)CCCC)C(O)C(=O)NO. The zero-order valence-corrected chi connectivity index (χ0v) is 16.1. The molecule has 0 aromatic rings. The molecule has 1 heterocycles. The van der Waals surface area contributed by atoms with Gasteiger partial charge >= 0.3 is 0 Å². The third-order valence-corrected chi connectivity index (χ3v) is 4.99. The van der Waals surface area contributed by atoms with Crippen LogP contribution in [0.3, 0.4) is 0 Å². The van der Waals surface area contributed by atoms with E-state index < -0.39 is 29.9 Å². The number of likely N-dealkylation sites (N-methyl/N-ethyl adjacent to an activating group) is 1. The predicted octanol–water partition coefficient (Wildman–Crippen LogP) is 0.909. The highest BCUT2D eigenvalue weighted by Gasteiger charge is 2.41. The first-order chi connectivity index (χ1) is 12.4. The Bertz CT molecular complexity index is 485. The van der Waals surface area contributed by atoms with Gasteiger partial charge in [0.2, 0.25) is 11.8 Å². The van der Waals surface area contributed by atoms with Crippen LogP contribution in [-0.4, -0.2) is 70.1 Å². The Labute approximate surface area is 155 Å². The highest BCUT2D eigenvalue weighted by Crippen LogP contribution is 2.25. The fourth-order valence-electron chi connectivity index (χ4n) is 3.35. The smallest absolute Gasteiger partial charge is 0.272 e. The number of nitrogens with zero attached hydrogens (tertiary/aromatic N) is 2. The minimum atomic E-state index is -1.63. The van der Waals surface area contributed by atoms with Crippen molar-refractivity contribution in [3.63, 3.8) is 0 Å². The average molecular weight is 371 g/mol. The summed E-state index contributed by atoms with van der Waals surface area (Å²) in [6, 6.07) is -0.544. The third-order valence-electron chi connectivity index (χ3n) is 4.99. The van der Waals surface area contributed by atoms with Gasteiger partial charge in [-0.15, -0.1) is 0 Å². The molecule has 0 saturated carbocycles. The standard InChI is InChI=1S/C18H33N3O5/c1-4-6-9-13(15(22)16(23)19-26)17(24)21-12-8-10-14(21)18(25)20(3)11-7-5-2/h13-15,22,26H,4-12H2,1-3H3,(H,19,23)/t13?,14-,15?/m0/s1. The Morgan fingerprint density at radius 3 is 2.46 bits per heavy atom. The molecule has 1 aliphatic rings. The highest BCUT2D eigenvalue weighted by atomic mass is 16.5. The number of hydroxylamine groups is 1. The van der Waals surface area contributed by atoms with E-state index in [4.69, 9.17) is 5.21 Å². The fourth-order valence-corrected chi connectivity index (χ4v) is 3.35. The van der Waals surface area contributed by atoms with Gasteiger partial charge in [0.1, 0.15) is 12.1 Å². The van der Waals surface area contributed by atoms with E-state index in [-0.39, 0.29) is 5.91 Å². The van der Waals surface area contributed by atoms with Crippen LogP contribution in [0.4, 0.5) is 0 Å². The van der Waals surface area contributed by atoms with E-state index in [1.807, 2.05) is 6.92 Å². The Balaban J connectivity index is 2.90. The zero-order chi connectivity index (χ0) is 19.7. The predicted molar refractivity (Wildman–Crippen MR) is 96.2 cm³/mol. The van der Waals surface area contributed by atoms with Gasteiger partial charge in [-0.25, -0.2) is 5.48 Å². The van der Waals surface area contributed by atoms with Crippen molar-refractivity contribution in [2.45, 2.75) is 70.9 Å². The molecule has 0 bridgehead atoms. The number of aliphatic hydroxyl groups is 1. The van der Waals surface area contributed by atoms with Crippen molar-refractivity contribution in [1.82, 2.24) is 15.3 Å². The monoisotopic (exact) mass is 371 g/mol. The Kier molecular flexibility index (Phi) is 9.58. The lowest BCUT2D eigenvalue weighted by molar-refractivity contribution is -0.153. The lowest BCUT2D eigenvalue weighted by Gasteiger charge is -2.32. The van der Waals surface area contributed by atoms with Gasteiger partial charge in [-0.05, 0) is 25.7 Å². The van der Waals surface area contributed by atoms with Crippen LogP contribution in [0.25, 0.3) is 0 Å². The summed E-state index contributed by atoms with van der Waals surface area (Å²) in [5, 5.41) is 18.9. The summed E-state index contributed by atoms with van der Waals surface area (Å²) in [7, 11) is 1.74. The Hall–Kier alpha value is -1.67. The number of hydrogen-bond donors (Lipinski definition) is 3. The van der Waals surface area contributed by atoms with Crippen LogP contribution in [-0.2, 0) is 14.4 Å². The van der Waals surface area contributed by atoms with Crippen LogP contribution in [0, 0.1) is 5.92 Å². The van der Waals surface area contributed by atoms with Crippen molar-refractivity contribution in [1.29, 1.82) is 0 Å². The highest BCUT2D eigenvalue weighted by molar-refractivity contribution is 5.92. The van der Waals surface area contributed by atoms with Crippen molar-refractivity contribution in [3.8, 4) is 0 Å². The van der Waals surface area contributed by atoms with Crippen molar-refractivity contribution in [2.24, 2.45) is 5.92 Å². The van der Waals surface area contributed by atoms with Crippen molar-refractivity contribution in [2.75, 3.05) is 20.1 Å². The number of aliphatic hydroxyl groups excluding tert-OH is 1. The molecular weight excluding hydrogens is 338 g/mol. The Morgan fingerprint density at radius 2 is 1.88 bits per heavy atom. The molecule has 2 unspecified atom stereocenters. The molecule has 1 aliphatic heterocycles. The average Bonchev–Trinajstić information content (AvgIpc) is 3.14. The molecule has 8 heteroatoms. The van der Waals surface area contributed by atoms with E-state index in [0.717, 1.165) is 19.3 Å². The van der Waals surface area contributed by atoms with E-state index in [2.05, 4.69) is 6.92 Å². The summed E-state index contributed by atoms with van der Waals surface area (Å²) in [6.45, 7) is 5.08. The number of carbonyl (C=O) groups excluding carboxylic acids is 3. The van der Waals surface area contributed by atoms with Gasteiger partial charge < -0.3 is 14.9 Å². The first-order valence-electron chi connectivity index (χ1n) is 9.56. The molecule has 1 rings (SSSR count). The van der Waals surface area contributed by atoms with Crippen LogP contribution in [0.1, 0.15) is 58.8 Å². The van der Waals surface area contributed by atoms with Crippen LogP contribution in [0.2, 0.25) is 0 Å². The Morgan fingerprint density at radius 1 is 1.23 bits per heavy atom. The second-order valence-corrected chi connectivity index (χ2v) is 6.97. The molecule has 3 atom stereocenters. The van der Waals surface area contributed by atoms with Crippen molar-refractivity contribution in [3.05, 3.63) is 0 Å². The molecule has 0 aromatic carbocycles. The molecule has 8 nitrogen and oxygen atoms in total. The second-order valence-electron chi connectivity index (χ2n) is 6.97. The summed E-state index contributed by atoms with van der Waals surface area (Å²) in [5.41, 5.74) is 1.41. The topological polar surface area (TPSA) is 110 Å². The van der Waals surface area contributed by atoms with Gasteiger partial charge in [-0.3, -0.25) is 19.6 Å². The second kappa shape index (κ2) is 11.1. The normalized spacial score (nSPS) is 19.1. The summed E-state index contributed by atoms with van der Waals surface area (Å²) in [6.07, 6.45) is 3.34. The van der Waals surface area contributed by atoms with Crippen molar-refractivity contribution < 1.29 is 24.7 Å². The molecule has 3 amide bonds. The molecule has 0 spiro atoms. The van der Waals surface area contributed by atoms with E-state index >= 15 is 0 Å². The first kappa shape index (κ1) is 22.4. The number of unbranched alkanes of at least 4 members (excludes halogenated alkanes) is 2. The van der Waals surface area contributed by atoms with Gasteiger partial charge in [0.05, 0.1) is 5.92 Å². The van der Waals surface area contributed by atoms with Gasteiger partial charge in [-0.1, -0.05) is 33.1 Å². The number of nitrogens with one attached hydrogen (secondary N) is 1. The van der Waals surface area contributed by atoms with Crippen LogP contribution < -0.4 is 5.48 Å². The number of carbonyl (C=O) groups is 3. The largest absolute Gasteiger partial charge is 0.382 e. The molecule has 0 aromatic heterocycles. The van der Waals surface area contributed by atoms with Gasteiger partial charge in [0.15, 0.2) is 0 Å². The number of rotatable bonds is 10. The maximum absolute atomic E-state index is 13.0. The molecule has 150 valence electrons. The maximum atomic E-state index is 13.0. The summed E-state index contributed by atoms with van der Waals surface area (Å²) in [5.74, 6) is -2.45. The number of likely N-dealkylation sites (tertiary alicyclic amines) is 1. The molecule has 1 saturated heterocycles. The molecular formula is C18H33N3O5. The lowest BCUT2D eigenvalue weighted by atomic mass is 9.93.